The summed E-state index contributed by atoms with van der Waals surface area (Å²) >= 11 is 0. The van der Waals surface area contributed by atoms with Gasteiger partial charge >= 0.3 is 12.1 Å². The molecule has 3 unspecified atom stereocenters. The van der Waals surface area contributed by atoms with Crippen LogP contribution in [0.3, 0.4) is 0 Å². The van der Waals surface area contributed by atoms with Crippen molar-refractivity contribution in [3.8, 4) is 0 Å². The summed E-state index contributed by atoms with van der Waals surface area (Å²) in [6, 6.07) is 9.90. The van der Waals surface area contributed by atoms with E-state index in [1.54, 1.807) is 12.0 Å². The molecule has 5 rings (SSSR count). The third-order valence-corrected chi connectivity index (χ3v) is 9.58. The fraction of sp³-hybridized carbons (Fsp3) is 0.733. The number of hydrogen-bond donors (Lipinski definition) is 0. The second-order valence-corrected chi connectivity index (χ2v) is 12.1. The zero-order valence-electron chi connectivity index (χ0n) is 23.6. The van der Waals surface area contributed by atoms with Gasteiger partial charge in [-0.2, -0.15) is 0 Å². The van der Waals surface area contributed by atoms with Gasteiger partial charge in [-0.1, -0.05) is 37.1 Å². The van der Waals surface area contributed by atoms with E-state index in [1.165, 1.54) is 24.0 Å². The number of amides is 3. The summed E-state index contributed by atoms with van der Waals surface area (Å²) < 4.78 is 10.7. The number of urea groups is 1. The zero-order valence-corrected chi connectivity index (χ0v) is 23.6. The summed E-state index contributed by atoms with van der Waals surface area (Å²) in [6.45, 7) is 4.33. The molecular weight excluding hydrogens is 480 g/mol. The van der Waals surface area contributed by atoms with Gasteiger partial charge in [0.25, 0.3) is 0 Å². The fourth-order valence-electron chi connectivity index (χ4n) is 7.63. The number of fused-ring (bicyclic) bond motifs is 4. The van der Waals surface area contributed by atoms with E-state index in [0.717, 1.165) is 64.6 Å². The first kappa shape index (κ1) is 27.3. The molecule has 38 heavy (non-hydrogen) atoms. The second kappa shape index (κ2) is 11.8. The van der Waals surface area contributed by atoms with Gasteiger partial charge in [0.2, 0.25) is 0 Å². The van der Waals surface area contributed by atoms with Crippen molar-refractivity contribution in [1.82, 2.24) is 19.6 Å². The summed E-state index contributed by atoms with van der Waals surface area (Å²) in [7, 11) is 5.33. The van der Waals surface area contributed by atoms with Crippen LogP contribution in [-0.4, -0.2) is 104 Å². The third-order valence-electron chi connectivity index (χ3n) is 9.58. The van der Waals surface area contributed by atoms with Gasteiger partial charge in [0, 0.05) is 57.8 Å². The number of hydrogen-bond acceptors (Lipinski definition) is 5. The lowest BCUT2D eigenvalue weighted by Crippen LogP contribution is -2.56. The number of ether oxygens (including phenoxy) is 2. The minimum absolute atomic E-state index is 0.0201. The molecule has 3 fully saturated rings. The third kappa shape index (κ3) is 5.53. The molecule has 3 amide bonds. The van der Waals surface area contributed by atoms with E-state index in [-0.39, 0.29) is 29.6 Å². The van der Waals surface area contributed by atoms with Crippen LogP contribution in [0.2, 0.25) is 0 Å². The molecule has 8 nitrogen and oxygen atoms in total. The molecule has 0 radical (unpaired) electrons. The zero-order chi connectivity index (χ0) is 26.7. The van der Waals surface area contributed by atoms with E-state index in [2.05, 4.69) is 34.1 Å². The van der Waals surface area contributed by atoms with Crippen LogP contribution in [0.1, 0.15) is 68.9 Å². The number of benzene rings is 1. The Morgan fingerprint density at radius 1 is 0.974 bits per heavy atom. The quantitative estimate of drug-likeness (QED) is 0.542. The van der Waals surface area contributed by atoms with E-state index in [1.807, 2.05) is 19.0 Å². The minimum atomic E-state index is -0.151. The molecule has 0 aromatic heterocycles. The number of carbonyl (C=O) groups excluding carboxylic acids is 2. The highest BCUT2D eigenvalue weighted by Crippen LogP contribution is 2.43. The maximum absolute atomic E-state index is 13.1. The molecule has 1 spiro atoms. The van der Waals surface area contributed by atoms with Crippen LogP contribution < -0.4 is 0 Å². The predicted octanol–water partition coefficient (Wildman–Crippen LogP) is 4.47. The summed E-state index contributed by atoms with van der Waals surface area (Å²) in [5.41, 5.74) is 2.76. The van der Waals surface area contributed by atoms with Crippen LogP contribution in [0.25, 0.3) is 0 Å². The van der Waals surface area contributed by atoms with Crippen LogP contribution >= 0.6 is 0 Å². The first-order valence-corrected chi connectivity index (χ1v) is 14.6. The Labute approximate surface area is 228 Å². The van der Waals surface area contributed by atoms with Gasteiger partial charge in [-0.05, 0) is 69.2 Å². The number of carbonyl (C=O) groups is 2. The molecule has 3 atom stereocenters. The SMILES string of the molecule is COCCOC(=O)N1C2CCCCC1CC(N1CCC3(CC1)CN(C(=O)N(C)C)Cc1ccccc13)CC2. The summed E-state index contributed by atoms with van der Waals surface area (Å²) in [4.78, 5) is 34.7. The average molecular weight is 527 g/mol. The number of rotatable bonds is 4. The lowest BCUT2D eigenvalue weighted by Gasteiger charge is -2.50. The Bertz CT molecular complexity index is 977. The standard InChI is InChI=1S/C30H46N4O4/c1-31(2)28(35)33-21-23-8-4-7-11-27(23)30(22-33)14-16-32(17-15-30)25-13-12-24-9-5-6-10-26(20-25)34(24)29(36)38-19-18-37-3/h4,7-8,11,24-26H,5-6,9-10,12-22H2,1-3H3. The smallest absolute Gasteiger partial charge is 0.410 e. The van der Waals surface area contributed by atoms with Crippen LogP contribution in [0.5, 0.6) is 0 Å². The molecule has 0 saturated carbocycles. The molecular formula is C30H46N4O4. The largest absolute Gasteiger partial charge is 0.447 e. The molecule has 3 saturated heterocycles. The highest BCUT2D eigenvalue weighted by molar-refractivity contribution is 5.74. The lowest BCUT2D eigenvalue weighted by atomic mass is 9.68. The van der Waals surface area contributed by atoms with Crippen molar-refractivity contribution >= 4 is 12.1 Å². The fourth-order valence-corrected chi connectivity index (χ4v) is 7.63. The van der Waals surface area contributed by atoms with Crippen molar-refractivity contribution < 1.29 is 19.1 Å². The summed E-state index contributed by atoms with van der Waals surface area (Å²) in [5.74, 6) is 0. The Balaban J connectivity index is 1.29. The monoisotopic (exact) mass is 526 g/mol. The van der Waals surface area contributed by atoms with E-state index in [4.69, 9.17) is 9.47 Å². The second-order valence-electron chi connectivity index (χ2n) is 12.1. The molecule has 0 aliphatic carbocycles. The first-order valence-electron chi connectivity index (χ1n) is 14.6. The minimum Gasteiger partial charge on any atom is -0.447 e. The van der Waals surface area contributed by atoms with E-state index >= 15 is 0 Å². The normalized spacial score (nSPS) is 27.3. The van der Waals surface area contributed by atoms with Gasteiger partial charge in [-0.3, -0.25) is 0 Å². The number of methoxy groups -OCH3 is 1. The van der Waals surface area contributed by atoms with E-state index in [0.29, 0.717) is 25.8 Å². The predicted molar refractivity (Wildman–Crippen MR) is 147 cm³/mol. The topological polar surface area (TPSA) is 65.6 Å². The van der Waals surface area contributed by atoms with Crippen molar-refractivity contribution in [3.05, 3.63) is 35.4 Å². The maximum Gasteiger partial charge on any atom is 0.410 e. The number of piperidine rings is 1. The van der Waals surface area contributed by atoms with Crippen molar-refractivity contribution in [2.75, 3.05) is 54.1 Å². The van der Waals surface area contributed by atoms with Gasteiger partial charge in [-0.25, -0.2) is 9.59 Å². The summed E-state index contributed by atoms with van der Waals surface area (Å²) in [6.07, 6.45) is 9.73. The first-order chi connectivity index (χ1) is 18.4. The lowest BCUT2D eigenvalue weighted by molar-refractivity contribution is 0.0433. The van der Waals surface area contributed by atoms with Crippen molar-refractivity contribution in [2.24, 2.45) is 0 Å². The highest BCUT2D eigenvalue weighted by Gasteiger charge is 2.45. The molecule has 1 aromatic carbocycles. The molecule has 2 bridgehead atoms. The Morgan fingerprint density at radius 2 is 1.68 bits per heavy atom. The van der Waals surface area contributed by atoms with Crippen LogP contribution in [0.4, 0.5) is 9.59 Å². The molecule has 1 aromatic rings. The molecule has 4 aliphatic rings. The summed E-state index contributed by atoms with van der Waals surface area (Å²) in [5, 5.41) is 0. The van der Waals surface area contributed by atoms with Crippen molar-refractivity contribution in [1.29, 1.82) is 0 Å². The number of nitrogens with zero attached hydrogens (tertiary/aromatic N) is 4. The van der Waals surface area contributed by atoms with Gasteiger partial charge in [-0.15, -0.1) is 0 Å². The highest BCUT2D eigenvalue weighted by atomic mass is 16.6. The molecule has 8 heteroatoms. The Kier molecular flexibility index (Phi) is 8.48. The van der Waals surface area contributed by atoms with Gasteiger partial charge in [0.1, 0.15) is 6.61 Å². The van der Waals surface area contributed by atoms with Gasteiger partial charge < -0.3 is 29.1 Å². The Morgan fingerprint density at radius 3 is 2.42 bits per heavy atom. The van der Waals surface area contributed by atoms with Crippen molar-refractivity contribution in [3.63, 3.8) is 0 Å². The molecule has 210 valence electrons. The molecule has 0 N–H and O–H groups in total. The van der Waals surface area contributed by atoms with Crippen LogP contribution in [-0.2, 0) is 21.4 Å². The average Bonchev–Trinajstić information content (AvgIpc) is 3.24. The van der Waals surface area contributed by atoms with Crippen LogP contribution in [0, 0.1) is 0 Å². The van der Waals surface area contributed by atoms with Crippen molar-refractivity contribution in [2.45, 2.75) is 87.9 Å². The molecule has 4 aliphatic heterocycles. The van der Waals surface area contributed by atoms with Gasteiger partial charge in [0.15, 0.2) is 0 Å². The van der Waals surface area contributed by atoms with E-state index in [9.17, 15) is 9.59 Å². The van der Waals surface area contributed by atoms with Crippen LogP contribution in [0.15, 0.2) is 24.3 Å². The van der Waals surface area contributed by atoms with Gasteiger partial charge in [0.05, 0.1) is 6.61 Å². The Hall–Kier alpha value is -2.32. The molecule has 4 heterocycles. The number of likely N-dealkylation sites (tertiary alicyclic amines) is 1. The maximum atomic E-state index is 13.1. The van der Waals surface area contributed by atoms with E-state index < -0.39 is 0 Å².